The molecule has 1 aromatic heterocycles. The predicted octanol–water partition coefficient (Wildman–Crippen LogP) is 3.16. The lowest BCUT2D eigenvalue weighted by Gasteiger charge is -2.14. The maximum atomic E-state index is 10.4. The monoisotopic (exact) mass is 264 g/mol. The van der Waals surface area contributed by atoms with Crippen LogP contribution in [-0.4, -0.2) is 19.3 Å². The van der Waals surface area contributed by atoms with E-state index in [0.29, 0.717) is 11.5 Å². The standard InChI is InChI=1S/C14H16O3S/c1-9-6-10(8-18-9)14(15)12-5-4-11(16-2)7-13(12)17-3/h4-8,14-15H,1-3H3. The number of rotatable bonds is 4. The van der Waals surface area contributed by atoms with E-state index in [1.807, 2.05) is 30.5 Å². The molecule has 18 heavy (non-hydrogen) atoms. The first-order chi connectivity index (χ1) is 8.65. The van der Waals surface area contributed by atoms with Gasteiger partial charge in [-0.25, -0.2) is 0 Å². The van der Waals surface area contributed by atoms with Gasteiger partial charge in [0.15, 0.2) is 0 Å². The van der Waals surface area contributed by atoms with Crippen LogP contribution < -0.4 is 9.47 Å². The Hall–Kier alpha value is -1.52. The van der Waals surface area contributed by atoms with Gasteiger partial charge in [-0.15, -0.1) is 11.3 Å². The molecule has 0 aliphatic rings. The third-order valence-corrected chi connectivity index (χ3v) is 3.68. The summed E-state index contributed by atoms with van der Waals surface area (Å²) >= 11 is 1.62. The summed E-state index contributed by atoms with van der Waals surface area (Å²) in [5.41, 5.74) is 1.64. The SMILES string of the molecule is COc1ccc(C(O)c2csc(C)c2)c(OC)c1. The number of ether oxygens (including phenoxy) is 2. The fourth-order valence-electron chi connectivity index (χ4n) is 1.83. The van der Waals surface area contributed by atoms with Gasteiger partial charge in [0.1, 0.15) is 17.6 Å². The normalized spacial score (nSPS) is 12.2. The maximum absolute atomic E-state index is 10.4. The molecule has 1 aromatic carbocycles. The Morgan fingerprint density at radius 2 is 1.94 bits per heavy atom. The van der Waals surface area contributed by atoms with Crippen LogP contribution in [-0.2, 0) is 0 Å². The van der Waals surface area contributed by atoms with Crippen LogP contribution in [0.25, 0.3) is 0 Å². The average molecular weight is 264 g/mol. The molecule has 96 valence electrons. The summed E-state index contributed by atoms with van der Waals surface area (Å²) in [5.74, 6) is 1.34. The van der Waals surface area contributed by atoms with Gasteiger partial charge in [0.05, 0.1) is 14.2 Å². The van der Waals surface area contributed by atoms with Gasteiger partial charge in [0.2, 0.25) is 0 Å². The van der Waals surface area contributed by atoms with Gasteiger partial charge in [-0.1, -0.05) is 0 Å². The van der Waals surface area contributed by atoms with E-state index in [2.05, 4.69) is 0 Å². The molecule has 1 heterocycles. The second-order valence-electron chi connectivity index (χ2n) is 4.00. The van der Waals surface area contributed by atoms with Gasteiger partial charge in [-0.05, 0) is 36.1 Å². The van der Waals surface area contributed by atoms with Crippen molar-refractivity contribution >= 4 is 11.3 Å². The molecule has 0 aliphatic carbocycles. The number of aliphatic hydroxyl groups is 1. The quantitative estimate of drug-likeness (QED) is 0.922. The van der Waals surface area contributed by atoms with Crippen LogP contribution in [0.5, 0.6) is 11.5 Å². The summed E-state index contributed by atoms with van der Waals surface area (Å²) in [7, 11) is 3.19. The minimum atomic E-state index is -0.671. The zero-order valence-electron chi connectivity index (χ0n) is 10.6. The highest BCUT2D eigenvalue weighted by Crippen LogP contribution is 2.34. The van der Waals surface area contributed by atoms with E-state index in [1.54, 1.807) is 31.6 Å². The zero-order chi connectivity index (χ0) is 13.1. The fourth-order valence-corrected chi connectivity index (χ4v) is 2.55. The van der Waals surface area contributed by atoms with E-state index >= 15 is 0 Å². The molecule has 0 radical (unpaired) electrons. The lowest BCUT2D eigenvalue weighted by molar-refractivity contribution is 0.215. The van der Waals surface area contributed by atoms with Crippen molar-refractivity contribution in [2.45, 2.75) is 13.0 Å². The van der Waals surface area contributed by atoms with Crippen LogP contribution in [0.1, 0.15) is 22.1 Å². The average Bonchev–Trinajstić information content (AvgIpc) is 2.83. The Labute approximate surface area is 111 Å². The summed E-state index contributed by atoms with van der Waals surface area (Å²) in [5, 5.41) is 12.3. The molecule has 2 aromatic rings. The topological polar surface area (TPSA) is 38.7 Å². The highest BCUT2D eigenvalue weighted by Gasteiger charge is 2.17. The third kappa shape index (κ3) is 2.49. The molecule has 1 N–H and O–H groups in total. The molecular weight excluding hydrogens is 248 g/mol. The number of hydrogen-bond donors (Lipinski definition) is 1. The van der Waals surface area contributed by atoms with Crippen molar-refractivity contribution in [1.29, 1.82) is 0 Å². The van der Waals surface area contributed by atoms with Crippen LogP contribution in [0.15, 0.2) is 29.6 Å². The van der Waals surface area contributed by atoms with E-state index in [1.165, 1.54) is 4.88 Å². The Morgan fingerprint density at radius 3 is 2.50 bits per heavy atom. The van der Waals surface area contributed by atoms with Gasteiger partial charge >= 0.3 is 0 Å². The number of hydrogen-bond acceptors (Lipinski definition) is 4. The van der Waals surface area contributed by atoms with Gasteiger partial charge in [-0.3, -0.25) is 0 Å². The van der Waals surface area contributed by atoms with Crippen molar-refractivity contribution in [1.82, 2.24) is 0 Å². The first-order valence-corrected chi connectivity index (χ1v) is 6.48. The van der Waals surface area contributed by atoms with Crippen molar-refractivity contribution in [2.75, 3.05) is 14.2 Å². The van der Waals surface area contributed by atoms with Crippen LogP contribution in [0.3, 0.4) is 0 Å². The number of benzene rings is 1. The molecule has 0 spiro atoms. The Bertz CT molecular complexity index is 534. The number of methoxy groups -OCH3 is 2. The molecule has 0 bridgehead atoms. The minimum Gasteiger partial charge on any atom is -0.497 e. The molecule has 2 rings (SSSR count). The van der Waals surface area contributed by atoms with E-state index in [9.17, 15) is 5.11 Å². The van der Waals surface area contributed by atoms with Gasteiger partial charge < -0.3 is 14.6 Å². The largest absolute Gasteiger partial charge is 0.497 e. The van der Waals surface area contributed by atoms with Crippen molar-refractivity contribution in [3.63, 3.8) is 0 Å². The molecule has 0 saturated carbocycles. The van der Waals surface area contributed by atoms with E-state index in [0.717, 1.165) is 11.1 Å². The molecule has 4 heteroatoms. The van der Waals surface area contributed by atoms with Crippen molar-refractivity contribution in [3.8, 4) is 11.5 Å². The second kappa shape index (κ2) is 5.42. The second-order valence-corrected chi connectivity index (χ2v) is 5.12. The molecule has 0 saturated heterocycles. The maximum Gasteiger partial charge on any atom is 0.128 e. The van der Waals surface area contributed by atoms with Gasteiger partial charge in [-0.2, -0.15) is 0 Å². The number of thiophene rings is 1. The zero-order valence-corrected chi connectivity index (χ0v) is 11.5. The predicted molar refractivity (Wildman–Crippen MR) is 72.7 cm³/mol. The van der Waals surface area contributed by atoms with Crippen LogP contribution >= 0.6 is 11.3 Å². The van der Waals surface area contributed by atoms with Crippen LogP contribution in [0, 0.1) is 6.92 Å². The summed E-state index contributed by atoms with van der Waals surface area (Å²) in [4.78, 5) is 1.18. The van der Waals surface area contributed by atoms with Crippen molar-refractivity contribution in [2.24, 2.45) is 0 Å². The van der Waals surface area contributed by atoms with Gasteiger partial charge in [0, 0.05) is 16.5 Å². The van der Waals surface area contributed by atoms with E-state index < -0.39 is 6.10 Å². The Kier molecular flexibility index (Phi) is 3.89. The third-order valence-electron chi connectivity index (χ3n) is 2.80. The number of aryl methyl sites for hydroxylation is 1. The molecule has 0 fully saturated rings. The summed E-state index contributed by atoms with van der Waals surface area (Å²) in [6, 6.07) is 7.41. The number of aliphatic hydroxyl groups excluding tert-OH is 1. The molecule has 0 amide bonds. The molecule has 1 atom stereocenters. The lowest BCUT2D eigenvalue weighted by atomic mass is 10.0. The highest BCUT2D eigenvalue weighted by molar-refractivity contribution is 7.10. The minimum absolute atomic E-state index is 0.630. The van der Waals surface area contributed by atoms with E-state index in [-0.39, 0.29) is 0 Å². The smallest absolute Gasteiger partial charge is 0.128 e. The Morgan fingerprint density at radius 1 is 1.17 bits per heavy atom. The summed E-state index contributed by atoms with van der Waals surface area (Å²) in [6.07, 6.45) is -0.671. The van der Waals surface area contributed by atoms with E-state index in [4.69, 9.17) is 9.47 Å². The summed E-state index contributed by atoms with van der Waals surface area (Å²) < 4.78 is 10.4. The highest BCUT2D eigenvalue weighted by atomic mass is 32.1. The van der Waals surface area contributed by atoms with Crippen molar-refractivity contribution in [3.05, 3.63) is 45.6 Å². The molecule has 3 nitrogen and oxygen atoms in total. The first-order valence-electron chi connectivity index (χ1n) is 5.60. The van der Waals surface area contributed by atoms with Crippen molar-refractivity contribution < 1.29 is 14.6 Å². The fraction of sp³-hybridized carbons (Fsp3) is 0.286. The van der Waals surface area contributed by atoms with Gasteiger partial charge in [0.25, 0.3) is 0 Å². The Balaban J connectivity index is 2.38. The van der Waals surface area contributed by atoms with Crippen LogP contribution in [0.2, 0.25) is 0 Å². The first kappa shape index (κ1) is 12.9. The molecule has 0 aliphatic heterocycles. The van der Waals surface area contributed by atoms with Crippen LogP contribution in [0.4, 0.5) is 0 Å². The summed E-state index contributed by atoms with van der Waals surface area (Å²) in [6.45, 7) is 2.02. The molecular formula is C14H16O3S. The lowest BCUT2D eigenvalue weighted by Crippen LogP contribution is -2.01. The molecule has 1 unspecified atom stereocenters.